The fourth-order valence-electron chi connectivity index (χ4n) is 3.42. The smallest absolute Gasteiger partial charge is 0.242 e. The molecule has 1 aliphatic rings. The number of likely N-dealkylation sites (N-methyl/N-ethyl adjacent to an activating group) is 1. The number of carbonyl (C=O) groups is 1. The van der Waals surface area contributed by atoms with E-state index in [1.165, 1.54) is 6.42 Å². The molecule has 134 valence electrons. The maximum absolute atomic E-state index is 12.7. The van der Waals surface area contributed by atoms with Crippen LogP contribution >= 0.6 is 0 Å². The summed E-state index contributed by atoms with van der Waals surface area (Å²) in [4.78, 5) is 26.5. The number of para-hydroxylation sites is 1. The molecule has 1 atom stereocenters. The van der Waals surface area contributed by atoms with Gasteiger partial charge >= 0.3 is 0 Å². The highest BCUT2D eigenvalue weighted by Crippen LogP contribution is 2.16. The molecule has 1 aromatic carbocycles. The van der Waals surface area contributed by atoms with E-state index >= 15 is 0 Å². The van der Waals surface area contributed by atoms with Crippen molar-refractivity contribution in [2.24, 2.45) is 0 Å². The molecular formula is C20H26N2O3. The van der Waals surface area contributed by atoms with E-state index in [4.69, 9.17) is 4.74 Å². The average molecular weight is 342 g/mol. The van der Waals surface area contributed by atoms with Crippen molar-refractivity contribution in [1.29, 1.82) is 0 Å². The maximum Gasteiger partial charge on any atom is 0.242 e. The molecular weight excluding hydrogens is 316 g/mol. The maximum atomic E-state index is 12.7. The van der Waals surface area contributed by atoms with Crippen molar-refractivity contribution in [3.05, 3.63) is 46.2 Å². The van der Waals surface area contributed by atoms with Gasteiger partial charge in [0, 0.05) is 37.3 Å². The van der Waals surface area contributed by atoms with Crippen LogP contribution < -0.4 is 5.43 Å². The van der Waals surface area contributed by atoms with Crippen LogP contribution in [0, 0.1) is 6.92 Å². The zero-order chi connectivity index (χ0) is 17.8. The van der Waals surface area contributed by atoms with Crippen molar-refractivity contribution in [3.8, 4) is 0 Å². The van der Waals surface area contributed by atoms with Gasteiger partial charge in [0.05, 0.1) is 11.6 Å². The molecule has 5 heteroatoms. The highest BCUT2D eigenvalue weighted by atomic mass is 16.5. The normalized spacial score (nSPS) is 17.6. The van der Waals surface area contributed by atoms with Crippen molar-refractivity contribution >= 4 is 16.8 Å². The molecule has 1 saturated heterocycles. The highest BCUT2D eigenvalue weighted by molar-refractivity contribution is 5.82. The molecule has 5 nitrogen and oxygen atoms in total. The number of fused-ring (bicyclic) bond motifs is 1. The van der Waals surface area contributed by atoms with Crippen LogP contribution in [0.4, 0.5) is 0 Å². The molecule has 1 fully saturated rings. The zero-order valence-electron chi connectivity index (χ0n) is 15.0. The van der Waals surface area contributed by atoms with Crippen LogP contribution in [0.2, 0.25) is 0 Å². The van der Waals surface area contributed by atoms with Crippen molar-refractivity contribution in [2.45, 2.75) is 45.3 Å². The summed E-state index contributed by atoms with van der Waals surface area (Å²) in [5, 5.41) is 0.652. The van der Waals surface area contributed by atoms with E-state index < -0.39 is 0 Å². The number of hydrogen-bond acceptors (Lipinski definition) is 3. The van der Waals surface area contributed by atoms with Crippen molar-refractivity contribution in [2.75, 3.05) is 20.2 Å². The molecule has 1 unspecified atom stereocenters. The van der Waals surface area contributed by atoms with Gasteiger partial charge in [0.15, 0.2) is 5.43 Å². The van der Waals surface area contributed by atoms with Crippen LogP contribution in [-0.4, -0.2) is 41.7 Å². The predicted molar refractivity (Wildman–Crippen MR) is 98.8 cm³/mol. The summed E-state index contributed by atoms with van der Waals surface area (Å²) in [6.07, 6.45) is 4.60. The number of aryl methyl sites for hydroxylation is 1. The molecule has 0 bridgehead atoms. The van der Waals surface area contributed by atoms with Gasteiger partial charge in [-0.2, -0.15) is 0 Å². The minimum Gasteiger partial charge on any atom is -0.378 e. The second-order valence-electron chi connectivity index (χ2n) is 6.85. The van der Waals surface area contributed by atoms with E-state index in [1.807, 2.05) is 42.8 Å². The Balaban J connectivity index is 1.70. The first-order valence-electron chi connectivity index (χ1n) is 9.01. The molecule has 0 saturated carbocycles. The lowest BCUT2D eigenvalue weighted by Gasteiger charge is -2.26. The summed E-state index contributed by atoms with van der Waals surface area (Å²) < 4.78 is 7.66. The van der Waals surface area contributed by atoms with Crippen LogP contribution in [0.3, 0.4) is 0 Å². The molecule has 25 heavy (non-hydrogen) atoms. The third kappa shape index (κ3) is 4.10. The Morgan fingerprint density at radius 3 is 2.88 bits per heavy atom. The molecule has 0 aliphatic carbocycles. The number of nitrogens with zero attached hydrogens (tertiary/aromatic N) is 2. The summed E-state index contributed by atoms with van der Waals surface area (Å²) in [7, 11) is 1.84. The van der Waals surface area contributed by atoms with Gasteiger partial charge in [0.1, 0.15) is 6.54 Å². The standard InChI is InChI=1S/C20H26N2O3/c1-15-13-19(23)17-8-3-4-9-18(17)22(15)14-20(24)21(2)11-10-16-7-5-6-12-25-16/h3-4,8-9,13,16H,5-7,10-12,14H2,1-2H3. The monoisotopic (exact) mass is 342 g/mol. The minimum absolute atomic E-state index is 0.000370. The predicted octanol–water partition coefficient (Wildman–Crippen LogP) is 2.73. The molecule has 0 spiro atoms. The summed E-state index contributed by atoms with van der Waals surface area (Å²) >= 11 is 0. The number of amides is 1. The van der Waals surface area contributed by atoms with Crippen LogP contribution in [0.15, 0.2) is 35.1 Å². The Labute approximate surface area is 148 Å². The molecule has 1 aliphatic heterocycles. The summed E-state index contributed by atoms with van der Waals surface area (Å²) in [5.41, 5.74) is 1.62. The van der Waals surface area contributed by atoms with E-state index in [0.717, 1.165) is 37.1 Å². The van der Waals surface area contributed by atoms with Gasteiger partial charge in [-0.25, -0.2) is 0 Å². The largest absolute Gasteiger partial charge is 0.378 e. The fourth-order valence-corrected chi connectivity index (χ4v) is 3.42. The Bertz CT molecular complexity index is 806. The Hall–Kier alpha value is -2.14. The topological polar surface area (TPSA) is 51.5 Å². The molecule has 2 aromatic rings. The van der Waals surface area contributed by atoms with Crippen LogP contribution in [0.5, 0.6) is 0 Å². The highest BCUT2D eigenvalue weighted by Gasteiger charge is 2.17. The SMILES string of the molecule is Cc1cc(=O)c2ccccc2n1CC(=O)N(C)CCC1CCCCO1. The lowest BCUT2D eigenvalue weighted by atomic mass is 10.1. The summed E-state index contributed by atoms with van der Waals surface area (Å²) in [6.45, 7) is 3.65. The van der Waals surface area contributed by atoms with Gasteiger partial charge in [0.25, 0.3) is 0 Å². The zero-order valence-corrected chi connectivity index (χ0v) is 15.0. The number of rotatable bonds is 5. The van der Waals surface area contributed by atoms with E-state index in [-0.39, 0.29) is 24.0 Å². The van der Waals surface area contributed by atoms with Gasteiger partial charge in [-0.15, -0.1) is 0 Å². The number of aromatic nitrogens is 1. The van der Waals surface area contributed by atoms with Crippen molar-refractivity contribution < 1.29 is 9.53 Å². The van der Waals surface area contributed by atoms with Gasteiger partial charge in [-0.1, -0.05) is 12.1 Å². The van der Waals surface area contributed by atoms with E-state index in [2.05, 4.69) is 0 Å². The van der Waals surface area contributed by atoms with E-state index in [9.17, 15) is 9.59 Å². The van der Waals surface area contributed by atoms with Crippen molar-refractivity contribution in [3.63, 3.8) is 0 Å². The third-order valence-electron chi connectivity index (χ3n) is 5.01. The van der Waals surface area contributed by atoms with Crippen molar-refractivity contribution in [1.82, 2.24) is 9.47 Å². The molecule has 0 radical (unpaired) electrons. The summed E-state index contributed by atoms with van der Waals surface area (Å²) in [6, 6.07) is 9.05. The Kier molecular flexibility index (Phi) is 5.53. The van der Waals surface area contributed by atoms with Gasteiger partial charge < -0.3 is 14.2 Å². The number of carbonyl (C=O) groups excluding carboxylic acids is 1. The first kappa shape index (κ1) is 17.7. The molecule has 1 amide bonds. The number of pyridine rings is 1. The van der Waals surface area contributed by atoms with E-state index in [1.54, 1.807) is 11.0 Å². The minimum atomic E-state index is -0.000370. The van der Waals surface area contributed by atoms with Gasteiger partial charge in [0.2, 0.25) is 5.91 Å². The average Bonchev–Trinajstić information content (AvgIpc) is 2.63. The first-order chi connectivity index (χ1) is 12.1. The first-order valence-corrected chi connectivity index (χ1v) is 9.01. The van der Waals surface area contributed by atoms with Crippen LogP contribution in [0.25, 0.3) is 10.9 Å². The van der Waals surface area contributed by atoms with Gasteiger partial charge in [-0.3, -0.25) is 9.59 Å². The fraction of sp³-hybridized carbons (Fsp3) is 0.500. The third-order valence-corrected chi connectivity index (χ3v) is 5.01. The second kappa shape index (κ2) is 7.83. The molecule has 0 N–H and O–H groups in total. The van der Waals surface area contributed by atoms with Crippen LogP contribution in [-0.2, 0) is 16.1 Å². The number of ether oxygens (including phenoxy) is 1. The second-order valence-corrected chi connectivity index (χ2v) is 6.85. The lowest BCUT2D eigenvalue weighted by molar-refractivity contribution is -0.131. The number of hydrogen-bond donors (Lipinski definition) is 0. The number of benzene rings is 1. The molecule has 3 rings (SSSR count). The molecule has 2 heterocycles. The van der Waals surface area contributed by atoms with E-state index in [0.29, 0.717) is 11.9 Å². The Morgan fingerprint density at radius 2 is 2.12 bits per heavy atom. The van der Waals surface area contributed by atoms with Gasteiger partial charge in [-0.05, 0) is 44.7 Å². The van der Waals surface area contributed by atoms with Crippen LogP contribution in [0.1, 0.15) is 31.4 Å². The molecule has 1 aromatic heterocycles. The summed E-state index contributed by atoms with van der Waals surface area (Å²) in [5.74, 6) is 0.0488. The quantitative estimate of drug-likeness (QED) is 0.839. The Morgan fingerprint density at radius 1 is 1.32 bits per heavy atom. The lowest BCUT2D eigenvalue weighted by Crippen LogP contribution is -2.34.